The predicted molar refractivity (Wildman–Crippen MR) is 98.8 cm³/mol. The average molecular weight is 333 g/mol. The van der Waals surface area contributed by atoms with Crippen LogP contribution >= 0.6 is 0 Å². The van der Waals surface area contributed by atoms with Crippen LogP contribution in [-0.4, -0.2) is 19.0 Å². The van der Waals surface area contributed by atoms with Gasteiger partial charge in [-0.2, -0.15) is 0 Å². The number of anilines is 1. The second-order valence-corrected chi connectivity index (χ2v) is 5.93. The van der Waals surface area contributed by atoms with Gasteiger partial charge in [0.1, 0.15) is 0 Å². The second-order valence-electron chi connectivity index (χ2n) is 5.93. The zero-order valence-electron chi connectivity index (χ0n) is 14.2. The number of amides is 1. The summed E-state index contributed by atoms with van der Waals surface area (Å²) in [7, 11) is 1.33. The molecule has 0 fully saturated rings. The fraction of sp³-hybridized carbons (Fsp3) is 0.143. The van der Waals surface area contributed by atoms with Crippen molar-refractivity contribution in [1.29, 1.82) is 0 Å². The molecule has 0 saturated heterocycles. The van der Waals surface area contributed by atoms with Crippen LogP contribution in [-0.2, 0) is 16.0 Å². The average Bonchev–Trinajstić information content (AvgIpc) is 2.62. The van der Waals surface area contributed by atoms with Gasteiger partial charge < -0.3 is 10.1 Å². The monoisotopic (exact) mass is 333 g/mol. The van der Waals surface area contributed by atoms with Crippen molar-refractivity contribution in [3.63, 3.8) is 0 Å². The summed E-state index contributed by atoms with van der Waals surface area (Å²) in [6, 6.07) is 19.1. The van der Waals surface area contributed by atoms with Gasteiger partial charge in [-0.3, -0.25) is 4.79 Å². The van der Waals surface area contributed by atoms with E-state index in [0.29, 0.717) is 11.3 Å². The van der Waals surface area contributed by atoms with E-state index in [2.05, 4.69) is 5.32 Å². The minimum absolute atomic E-state index is 0.125. The maximum absolute atomic E-state index is 12.4. The molecule has 1 amide bonds. The number of carbonyl (C=O) groups excluding carboxylic acids is 2. The van der Waals surface area contributed by atoms with Gasteiger partial charge in [0.15, 0.2) is 0 Å². The molecule has 0 atom stereocenters. The van der Waals surface area contributed by atoms with Gasteiger partial charge in [-0.1, -0.05) is 48.5 Å². The van der Waals surface area contributed by atoms with Crippen molar-refractivity contribution in [2.45, 2.75) is 13.3 Å². The van der Waals surface area contributed by atoms with Crippen molar-refractivity contribution in [2.24, 2.45) is 0 Å². The minimum Gasteiger partial charge on any atom is -0.465 e. The topological polar surface area (TPSA) is 55.4 Å². The molecule has 0 bridgehead atoms. The normalized spacial score (nSPS) is 10.5. The number of carbonyl (C=O) groups is 2. The molecule has 0 aliphatic carbocycles. The van der Waals surface area contributed by atoms with Crippen LogP contribution in [0.3, 0.4) is 0 Å². The third kappa shape index (κ3) is 3.86. The highest BCUT2D eigenvalue weighted by molar-refractivity contribution is 5.96. The molecule has 3 rings (SSSR count). The van der Waals surface area contributed by atoms with E-state index in [0.717, 1.165) is 21.9 Å². The van der Waals surface area contributed by atoms with Gasteiger partial charge in [0.05, 0.1) is 19.1 Å². The second kappa shape index (κ2) is 7.18. The molecule has 25 heavy (non-hydrogen) atoms. The zero-order chi connectivity index (χ0) is 17.8. The lowest BCUT2D eigenvalue weighted by molar-refractivity contribution is -0.115. The van der Waals surface area contributed by atoms with E-state index in [1.165, 1.54) is 7.11 Å². The lowest BCUT2D eigenvalue weighted by Crippen LogP contribution is -2.15. The molecule has 0 unspecified atom stereocenters. The highest BCUT2D eigenvalue weighted by Crippen LogP contribution is 2.19. The van der Waals surface area contributed by atoms with Crippen molar-refractivity contribution in [2.75, 3.05) is 12.4 Å². The molecule has 1 N–H and O–H groups in total. The number of esters is 1. The van der Waals surface area contributed by atoms with Crippen LogP contribution in [0.15, 0.2) is 60.7 Å². The van der Waals surface area contributed by atoms with Crippen LogP contribution < -0.4 is 5.32 Å². The Kier molecular flexibility index (Phi) is 4.80. The zero-order valence-corrected chi connectivity index (χ0v) is 14.2. The standard InChI is InChI=1S/C21H19NO3/c1-14-7-9-18(21(24)25-2)13-19(14)22-20(23)12-15-8-10-16-5-3-4-6-17(16)11-15/h3-11,13H,12H2,1-2H3,(H,22,23). The van der Waals surface area contributed by atoms with Gasteiger partial charge in [0.2, 0.25) is 5.91 Å². The van der Waals surface area contributed by atoms with Crippen molar-refractivity contribution < 1.29 is 14.3 Å². The van der Waals surface area contributed by atoms with Crippen molar-refractivity contribution in [1.82, 2.24) is 0 Å². The molecule has 0 aliphatic heterocycles. The summed E-state index contributed by atoms with van der Waals surface area (Å²) in [5.41, 5.74) is 2.86. The molecule has 0 saturated carbocycles. The maximum Gasteiger partial charge on any atom is 0.337 e. The number of nitrogens with one attached hydrogen (secondary N) is 1. The Morgan fingerprint density at radius 2 is 1.72 bits per heavy atom. The lowest BCUT2D eigenvalue weighted by atomic mass is 10.0. The first-order valence-corrected chi connectivity index (χ1v) is 8.03. The molecule has 3 aromatic carbocycles. The van der Waals surface area contributed by atoms with Gasteiger partial charge in [-0.05, 0) is 41.0 Å². The van der Waals surface area contributed by atoms with E-state index in [9.17, 15) is 9.59 Å². The Morgan fingerprint density at radius 3 is 2.48 bits per heavy atom. The first kappa shape index (κ1) is 16.7. The summed E-state index contributed by atoms with van der Waals surface area (Å²) in [5.74, 6) is -0.551. The van der Waals surface area contributed by atoms with E-state index in [-0.39, 0.29) is 12.3 Å². The molecule has 4 nitrogen and oxygen atoms in total. The van der Waals surface area contributed by atoms with Gasteiger partial charge >= 0.3 is 5.97 Å². The number of hydrogen-bond donors (Lipinski definition) is 1. The highest BCUT2D eigenvalue weighted by Gasteiger charge is 2.11. The lowest BCUT2D eigenvalue weighted by Gasteiger charge is -2.10. The van der Waals surface area contributed by atoms with Crippen LogP contribution in [0, 0.1) is 6.92 Å². The summed E-state index contributed by atoms with van der Waals surface area (Å²) < 4.78 is 4.72. The number of aryl methyl sites for hydroxylation is 1. The van der Waals surface area contributed by atoms with E-state index in [1.54, 1.807) is 18.2 Å². The fourth-order valence-corrected chi connectivity index (χ4v) is 2.73. The maximum atomic E-state index is 12.4. The number of rotatable bonds is 4. The van der Waals surface area contributed by atoms with Crippen LogP contribution in [0.25, 0.3) is 10.8 Å². The summed E-state index contributed by atoms with van der Waals surface area (Å²) in [6.07, 6.45) is 0.271. The minimum atomic E-state index is -0.426. The van der Waals surface area contributed by atoms with E-state index < -0.39 is 5.97 Å². The highest BCUT2D eigenvalue weighted by atomic mass is 16.5. The number of methoxy groups -OCH3 is 1. The number of hydrogen-bond acceptors (Lipinski definition) is 3. The van der Waals surface area contributed by atoms with Crippen molar-refractivity contribution >= 4 is 28.3 Å². The van der Waals surface area contributed by atoms with E-state index in [1.807, 2.05) is 49.4 Å². The number of ether oxygens (including phenoxy) is 1. The fourth-order valence-electron chi connectivity index (χ4n) is 2.73. The van der Waals surface area contributed by atoms with Crippen LogP contribution in [0.5, 0.6) is 0 Å². The predicted octanol–water partition coefficient (Wildman–Crippen LogP) is 4.12. The van der Waals surface area contributed by atoms with E-state index >= 15 is 0 Å². The van der Waals surface area contributed by atoms with Crippen LogP contribution in [0.4, 0.5) is 5.69 Å². The molecule has 126 valence electrons. The first-order valence-electron chi connectivity index (χ1n) is 8.03. The van der Waals surface area contributed by atoms with Crippen molar-refractivity contribution in [3.8, 4) is 0 Å². The Bertz CT molecular complexity index is 947. The van der Waals surface area contributed by atoms with Gasteiger partial charge in [0.25, 0.3) is 0 Å². The van der Waals surface area contributed by atoms with Gasteiger partial charge in [-0.25, -0.2) is 4.79 Å². The molecule has 0 spiro atoms. The van der Waals surface area contributed by atoms with Crippen LogP contribution in [0.2, 0.25) is 0 Å². The first-order chi connectivity index (χ1) is 12.1. The summed E-state index contributed by atoms with van der Waals surface area (Å²) in [5, 5.41) is 5.13. The Labute approximate surface area is 146 Å². The summed E-state index contributed by atoms with van der Waals surface area (Å²) >= 11 is 0. The summed E-state index contributed by atoms with van der Waals surface area (Å²) in [6.45, 7) is 1.88. The Balaban J connectivity index is 1.76. The number of fused-ring (bicyclic) bond motifs is 1. The van der Waals surface area contributed by atoms with Crippen molar-refractivity contribution in [3.05, 3.63) is 77.4 Å². The van der Waals surface area contributed by atoms with Gasteiger partial charge in [-0.15, -0.1) is 0 Å². The Hall–Kier alpha value is -3.14. The molecule has 0 radical (unpaired) electrons. The third-order valence-corrected chi connectivity index (χ3v) is 4.11. The van der Waals surface area contributed by atoms with Gasteiger partial charge in [0, 0.05) is 5.69 Å². The molecule has 4 heteroatoms. The molecule has 0 aromatic heterocycles. The molecule has 0 aliphatic rings. The molecule has 0 heterocycles. The molecular weight excluding hydrogens is 314 g/mol. The largest absolute Gasteiger partial charge is 0.465 e. The molecular formula is C21H19NO3. The third-order valence-electron chi connectivity index (χ3n) is 4.11. The van der Waals surface area contributed by atoms with E-state index in [4.69, 9.17) is 4.74 Å². The SMILES string of the molecule is COC(=O)c1ccc(C)c(NC(=O)Cc2ccc3ccccc3c2)c1. The number of benzene rings is 3. The van der Waals surface area contributed by atoms with Crippen LogP contribution in [0.1, 0.15) is 21.5 Å². The Morgan fingerprint density at radius 1 is 0.960 bits per heavy atom. The molecule has 3 aromatic rings. The smallest absolute Gasteiger partial charge is 0.337 e. The summed E-state index contributed by atoms with van der Waals surface area (Å²) in [4.78, 5) is 24.0. The quantitative estimate of drug-likeness (QED) is 0.731.